The molecule has 1 aliphatic rings. The normalized spacial score (nSPS) is 22.0. The summed E-state index contributed by atoms with van der Waals surface area (Å²) in [5.41, 5.74) is 0.750. The number of ether oxygens (including phenoxy) is 1. The average Bonchev–Trinajstić information content (AvgIpc) is 2.48. The third-order valence-electron chi connectivity index (χ3n) is 4.19. The van der Waals surface area contributed by atoms with Crippen molar-refractivity contribution in [1.29, 1.82) is 0 Å². The van der Waals surface area contributed by atoms with Crippen molar-refractivity contribution >= 4 is 5.97 Å². The number of carboxylic acids is 1. The van der Waals surface area contributed by atoms with Crippen LogP contribution in [-0.2, 0) is 11.3 Å². The van der Waals surface area contributed by atoms with Gasteiger partial charge in [0.05, 0.1) is 13.0 Å². The highest BCUT2D eigenvalue weighted by Gasteiger charge is 2.30. The van der Waals surface area contributed by atoms with Crippen molar-refractivity contribution in [2.24, 2.45) is 11.8 Å². The molecular formula is C16H22FNO3. The molecule has 0 bridgehead atoms. The number of aliphatic carboxylic acids is 1. The molecule has 116 valence electrons. The van der Waals surface area contributed by atoms with Gasteiger partial charge in [-0.2, -0.15) is 0 Å². The third kappa shape index (κ3) is 4.17. The Morgan fingerprint density at radius 2 is 2.19 bits per heavy atom. The van der Waals surface area contributed by atoms with Crippen molar-refractivity contribution in [1.82, 2.24) is 5.32 Å². The number of carboxylic acid groups (broad SMARTS) is 1. The molecule has 1 aliphatic carbocycles. The fourth-order valence-corrected chi connectivity index (χ4v) is 3.05. The molecule has 0 radical (unpaired) electrons. The predicted octanol–water partition coefficient (Wildman–Crippen LogP) is 2.81. The first-order valence-corrected chi connectivity index (χ1v) is 7.37. The number of hydrogen-bond donors (Lipinski definition) is 2. The van der Waals surface area contributed by atoms with Gasteiger partial charge in [-0.05, 0) is 43.5 Å². The topological polar surface area (TPSA) is 58.6 Å². The quantitative estimate of drug-likeness (QED) is 0.847. The van der Waals surface area contributed by atoms with Gasteiger partial charge < -0.3 is 15.2 Å². The van der Waals surface area contributed by atoms with Gasteiger partial charge in [-0.3, -0.25) is 4.79 Å². The SMILES string of the molecule is COc1ccc(F)cc1CNCC1CCCCC1C(=O)O. The molecule has 1 fully saturated rings. The molecule has 0 heterocycles. The van der Waals surface area contributed by atoms with Crippen LogP contribution >= 0.6 is 0 Å². The van der Waals surface area contributed by atoms with Crippen molar-refractivity contribution in [3.8, 4) is 5.75 Å². The number of rotatable bonds is 6. The molecule has 2 atom stereocenters. The summed E-state index contributed by atoms with van der Waals surface area (Å²) in [5.74, 6) is -0.475. The highest BCUT2D eigenvalue weighted by molar-refractivity contribution is 5.70. The van der Waals surface area contributed by atoms with Gasteiger partial charge in [0.25, 0.3) is 0 Å². The van der Waals surface area contributed by atoms with Crippen LogP contribution in [0.25, 0.3) is 0 Å². The summed E-state index contributed by atoms with van der Waals surface area (Å²) in [6, 6.07) is 4.41. The van der Waals surface area contributed by atoms with E-state index in [-0.39, 0.29) is 17.7 Å². The molecule has 0 aliphatic heterocycles. The van der Waals surface area contributed by atoms with Crippen molar-refractivity contribution < 1.29 is 19.0 Å². The number of halogens is 1. The second kappa shape index (κ2) is 7.41. The number of hydrogen-bond acceptors (Lipinski definition) is 3. The van der Waals surface area contributed by atoms with E-state index in [1.54, 1.807) is 13.2 Å². The second-order valence-corrected chi connectivity index (χ2v) is 5.58. The molecule has 1 saturated carbocycles. The van der Waals surface area contributed by atoms with E-state index in [9.17, 15) is 14.3 Å². The Bertz CT molecular complexity index is 492. The van der Waals surface area contributed by atoms with E-state index in [4.69, 9.17) is 4.74 Å². The molecule has 1 aromatic carbocycles. The van der Waals surface area contributed by atoms with E-state index < -0.39 is 5.97 Å². The minimum atomic E-state index is -0.704. The van der Waals surface area contributed by atoms with Gasteiger partial charge in [-0.1, -0.05) is 12.8 Å². The second-order valence-electron chi connectivity index (χ2n) is 5.58. The molecule has 4 nitrogen and oxygen atoms in total. The smallest absolute Gasteiger partial charge is 0.306 e. The molecule has 0 spiro atoms. The van der Waals surface area contributed by atoms with E-state index in [0.717, 1.165) is 31.2 Å². The van der Waals surface area contributed by atoms with Crippen LogP contribution in [-0.4, -0.2) is 24.7 Å². The third-order valence-corrected chi connectivity index (χ3v) is 4.19. The first-order valence-electron chi connectivity index (χ1n) is 7.37. The van der Waals surface area contributed by atoms with Gasteiger partial charge in [0.2, 0.25) is 0 Å². The van der Waals surface area contributed by atoms with E-state index in [1.165, 1.54) is 12.1 Å². The predicted molar refractivity (Wildman–Crippen MR) is 77.7 cm³/mol. The Balaban J connectivity index is 1.91. The largest absolute Gasteiger partial charge is 0.496 e. The van der Waals surface area contributed by atoms with Crippen LogP contribution in [0, 0.1) is 17.7 Å². The molecule has 2 N–H and O–H groups in total. The molecule has 0 aromatic heterocycles. The Hall–Kier alpha value is -1.62. The molecule has 0 saturated heterocycles. The maximum atomic E-state index is 13.3. The van der Waals surface area contributed by atoms with E-state index in [1.807, 2.05) is 0 Å². The van der Waals surface area contributed by atoms with Crippen molar-refractivity contribution in [2.45, 2.75) is 32.2 Å². The zero-order chi connectivity index (χ0) is 15.2. The maximum Gasteiger partial charge on any atom is 0.306 e. The molecule has 2 unspecified atom stereocenters. The summed E-state index contributed by atoms with van der Waals surface area (Å²) in [7, 11) is 1.55. The molecule has 1 aromatic rings. The van der Waals surface area contributed by atoms with E-state index in [0.29, 0.717) is 18.8 Å². The summed E-state index contributed by atoms with van der Waals surface area (Å²) < 4.78 is 18.5. The zero-order valence-corrected chi connectivity index (χ0v) is 12.3. The first kappa shape index (κ1) is 15.8. The van der Waals surface area contributed by atoms with Gasteiger partial charge >= 0.3 is 5.97 Å². The lowest BCUT2D eigenvalue weighted by molar-refractivity contribution is -0.144. The van der Waals surface area contributed by atoms with Crippen molar-refractivity contribution in [3.05, 3.63) is 29.6 Å². The molecule has 5 heteroatoms. The summed E-state index contributed by atoms with van der Waals surface area (Å²) in [6.45, 7) is 1.11. The van der Waals surface area contributed by atoms with Crippen LogP contribution < -0.4 is 10.1 Å². The average molecular weight is 295 g/mol. The molecule has 0 amide bonds. The summed E-state index contributed by atoms with van der Waals surface area (Å²) >= 11 is 0. The van der Waals surface area contributed by atoms with Crippen LogP contribution in [0.3, 0.4) is 0 Å². The lowest BCUT2D eigenvalue weighted by Gasteiger charge is -2.28. The van der Waals surface area contributed by atoms with Gasteiger partial charge in [-0.15, -0.1) is 0 Å². The lowest BCUT2D eigenvalue weighted by atomic mass is 9.79. The first-order chi connectivity index (χ1) is 10.1. The monoisotopic (exact) mass is 295 g/mol. The van der Waals surface area contributed by atoms with Crippen molar-refractivity contribution in [3.63, 3.8) is 0 Å². The van der Waals surface area contributed by atoms with E-state index in [2.05, 4.69) is 5.32 Å². The van der Waals surface area contributed by atoms with Gasteiger partial charge in [0.15, 0.2) is 0 Å². The fourth-order valence-electron chi connectivity index (χ4n) is 3.05. The minimum Gasteiger partial charge on any atom is -0.496 e. The van der Waals surface area contributed by atoms with Crippen LogP contribution in [0.1, 0.15) is 31.2 Å². The number of methoxy groups -OCH3 is 1. The van der Waals surface area contributed by atoms with Crippen LogP contribution in [0.2, 0.25) is 0 Å². The summed E-state index contributed by atoms with van der Waals surface area (Å²) in [4.78, 5) is 11.2. The Kier molecular flexibility index (Phi) is 5.56. The zero-order valence-electron chi connectivity index (χ0n) is 12.3. The van der Waals surface area contributed by atoms with Gasteiger partial charge in [0, 0.05) is 12.1 Å². The molecule has 21 heavy (non-hydrogen) atoms. The number of carbonyl (C=O) groups is 1. The van der Waals surface area contributed by atoms with Gasteiger partial charge in [0.1, 0.15) is 11.6 Å². The van der Waals surface area contributed by atoms with Crippen molar-refractivity contribution in [2.75, 3.05) is 13.7 Å². The van der Waals surface area contributed by atoms with E-state index >= 15 is 0 Å². The summed E-state index contributed by atoms with van der Waals surface area (Å²) in [5, 5.41) is 12.5. The molecular weight excluding hydrogens is 273 g/mol. The summed E-state index contributed by atoms with van der Waals surface area (Å²) in [6.07, 6.45) is 3.76. The number of benzene rings is 1. The minimum absolute atomic E-state index is 0.149. The highest BCUT2D eigenvalue weighted by atomic mass is 19.1. The lowest BCUT2D eigenvalue weighted by Crippen LogP contribution is -2.34. The van der Waals surface area contributed by atoms with Crippen LogP contribution in [0.15, 0.2) is 18.2 Å². The Morgan fingerprint density at radius 3 is 2.90 bits per heavy atom. The van der Waals surface area contributed by atoms with Crippen LogP contribution in [0.5, 0.6) is 5.75 Å². The Morgan fingerprint density at radius 1 is 1.43 bits per heavy atom. The van der Waals surface area contributed by atoms with Gasteiger partial charge in [-0.25, -0.2) is 4.39 Å². The highest BCUT2D eigenvalue weighted by Crippen LogP contribution is 2.30. The molecule has 2 rings (SSSR count). The number of nitrogens with one attached hydrogen (secondary N) is 1. The Labute approximate surface area is 124 Å². The fraction of sp³-hybridized carbons (Fsp3) is 0.562. The standard InChI is InChI=1S/C16H22FNO3/c1-21-15-7-6-13(17)8-12(15)10-18-9-11-4-2-3-5-14(11)16(19)20/h6-8,11,14,18H,2-5,9-10H2,1H3,(H,19,20). The van der Waals surface area contributed by atoms with Crippen LogP contribution in [0.4, 0.5) is 4.39 Å². The maximum absolute atomic E-state index is 13.3.